The Balaban J connectivity index is 4.57. The highest BCUT2D eigenvalue weighted by Crippen LogP contribution is 2.09. The Bertz CT molecular complexity index is 307. The molecule has 0 aliphatic heterocycles. The molecule has 0 aliphatic carbocycles. The summed E-state index contributed by atoms with van der Waals surface area (Å²) < 4.78 is 29.3. The van der Waals surface area contributed by atoms with Crippen LogP contribution in [0.5, 0.6) is 0 Å². The molecule has 0 radical (unpaired) electrons. The summed E-state index contributed by atoms with van der Waals surface area (Å²) in [6, 6.07) is 0. The zero-order valence-electron chi connectivity index (χ0n) is 9.11. The van der Waals surface area contributed by atoms with Crippen molar-refractivity contribution < 1.29 is 23.1 Å². The number of rotatable bonds is 6. The maximum Gasteiger partial charge on any atom is 0.322 e. The van der Waals surface area contributed by atoms with Gasteiger partial charge in [-0.25, -0.2) is 13.1 Å². The number of aliphatic hydroxyl groups is 1. The van der Waals surface area contributed by atoms with Gasteiger partial charge < -0.3 is 9.84 Å². The molecule has 0 bridgehead atoms. The highest BCUT2D eigenvalue weighted by atomic mass is 32.2. The van der Waals surface area contributed by atoms with Crippen LogP contribution in [-0.4, -0.2) is 44.5 Å². The van der Waals surface area contributed by atoms with E-state index in [-0.39, 0.29) is 6.61 Å². The van der Waals surface area contributed by atoms with Crippen LogP contribution in [0, 0.1) is 0 Å². The third-order valence-electron chi connectivity index (χ3n) is 2.07. The quantitative estimate of drug-likeness (QED) is 0.594. The zero-order chi connectivity index (χ0) is 12.1. The molecule has 7 heteroatoms. The number of aliphatic hydroxyl groups excluding tert-OH is 1. The van der Waals surface area contributed by atoms with Crippen molar-refractivity contribution in [2.24, 2.45) is 0 Å². The third-order valence-corrected chi connectivity index (χ3v) is 3.49. The molecule has 0 spiro atoms. The van der Waals surface area contributed by atoms with Crippen molar-refractivity contribution in [1.29, 1.82) is 0 Å². The molecule has 0 aromatic heterocycles. The summed E-state index contributed by atoms with van der Waals surface area (Å²) in [6.45, 7) is 2.96. The monoisotopic (exact) mass is 239 g/mol. The van der Waals surface area contributed by atoms with Crippen LogP contribution in [0.25, 0.3) is 0 Å². The van der Waals surface area contributed by atoms with Gasteiger partial charge in [0.2, 0.25) is 10.0 Å². The van der Waals surface area contributed by atoms with Crippen LogP contribution in [-0.2, 0) is 19.6 Å². The normalized spacial score (nSPS) is 15.7. The maximum atomic E-state index is 11.4. The summed E-state index contributed by atoms with van der Waals surface area (Å²) >= 11 is 0. The SMILES string of the molecule is CCC(C)(CO)NS(=O)(=O)CC(=O)OC. The van der Waals surface area contributed by atoms with Crippen LogP contribution in [0.1, 0.15) is 20.3 Å². The minimum absolute atomic E-state index is 0.329. The predicted molar refractivity (Wildman–Crippen MR) is 54.7 cm³/mol. The highest BCUT2D eigenvalue weighted by molar-refractivity contribution is 7.90. The van der Waals surface area contributed by atoms with Crippen LogP contribution in [0.3, 0.4) is 0 Å². The molecule has 0 saturated carbocycles. The molecule has 0 aliphatic rings. The Morgan fingerprint density at radius 1 is 1.53 bits per heavy atom. The van der Waals surface area contributed by atoms with Gasteiger partial charge in [0.25, 0.3) is 0 Å². The molecule has 2 N–H and O–H groups in total. The lowest BCUT2D eigenvalue weighted by Crippen LogP contribution is -2.49. The number of sulfonamides is 1. The molecule has 90 valence electrons. The van der Waals surface area contributed by atoms with Crippen molar-refractivity contribution in [1.82, 2.24) is 4.72 Å². The molecule has 0 amide bonds. The van der Waals surface area contributed by atoms with Gasteiger partial charge in [0.1, 0.15) is 0 Å². The van der Waals surface area contributed by atoms with Gasteiger partial charge in [0.15, 0.2) is 5.75 Å². The Hall–Kier alpha value is -0.660. The van der Waals surface area contributed by atoms with Crippen molar-refractivity contribution in [2.45, 2.75) is 25.8 Å². The van der Waals surface area contributed by atoms with Gasteiger partial charge in [-0.3, -0.25) is 4.79 Å². The molecule has 0 aromatic carbocycles. The van der Waals surface area contributed by atoms with Gasteiger partial charge in [0, 0.05) is 0 Å². The average Bonchev–Trinajstić information content (AvgIpc) is 2.16. The van der Waals surface area contributed by atoms with Gasteiger partial charge in [-0.05, 0) is 13.3 Å². The van der Waals surface area contributed by atoms with Gasteiger partial charge in [0.05, 0.1) is 19.3 Å². The van der Waals surface area contributed by atoms with Gasteiger partial charge >= 0.3 is 5.97 Å². The van der Waals surface area contributed by atoms with E-state index in [0.717, 1.165) is 7.11 Å². The van der Waals surface area contributed by atoms with Gasteiger partial charge in [-0.1, -0.05) is 6.92 Å². The Kier molecular flexibility index (Phi) is 5.19. The number of methoxy groups -OCH3 is 1. The summed E-state index contributed by atoms with van der Waals surface area (Å²) in [5, 5.41) is 9.00. The molecular formula is C8H17NO5S. The molecule has 0 saturated heterocycles. The Morgan fingerprint density at radius 3 is 2.40 bits per heavy atom. The molecule has 0 heterocycles. The van der Waals surface area contributed by atoms with Crippen LogP contribution >= 0.6 is 0 Å². The first-order valence-electron chi connectivity index (χ1n) is 4.48. The second kappa shape index (κ2) is 5.43. The number of nitrogens with one attached hydrogen (secondary N) is 1. The summed E-state index contributed by atoms with van der Waals surface area (Å²) in [4.78, 5) is 10.8. The maximum absolute atomic E-state index is 11.4. The van der Waals surface area contributed by atoms with E-state index in [0.29, 0.717) is 6.42 Å². The third kappa shape index (κ3) is 5.10. The predicted octanol–water partition coefficient (Wildman–Crippen LogP) is -0.760. The molecule has 1 atom stereocenters. The summed E-state index contributed by atoms with van der Waals surface area (Å²) in [5.74, 6) is -1.57. The number of hydrogen-bond donors (Lipinski definition) is 2. The van der Waals surface area contributed by atoms with Crippen molar-refractivity contribution >= 4 is 16.0 Å². The van der Waals surface area contributed by atoms with E-state index >= 15 is 0 Å². The first-order valence-corrected chi connectivity index (χ1v) is 6.13. The van der Waals surface area contributed by atoms with E-state index in [1.165, 1.54) is 0 Å². The average molecular weight is 239 g/mol. The Labute approximate surface area is 89.7 Å². The minimum Gasteiger partial charge on any atom is -0.468 e. The second-order valence-electron chi connectivity index (χ2n) is 3.51. The fourth-order valence-corrected chi connectivity index (χ4v) is 2.30. The molecule has 0 fully saturated rings. The van der Waals surface area contributed by atoms with Gasteiger partial charge in [-0.2, -0.15) is 0 Å². The highest BCUT2D eigenvalue weighted by Gasteiger charge is 2.28. The van der Waals surface area contributed by atoms with E-state index in [4.69, 9.17) is 5.11 Å². The molecule has 0 rings (SSSR count). The number of hydrogen-bond acceptors (Lipinski definition) is 5. The van der Waals surface area contributed by atoms with Crippen LogP contribution < -0.4 is 4.72 Å². The Morgan fingerprint density at radius 2 is 2.07 bits per heavy atom. The zero-order valence-corrected chi connectivity index (χ0v) is 9.93. The first-order chi connectivity index (χ1) is 6.78. The fraction of sp³-hybridized carbons (Fsp3) is 0.875. The van der Waals surface area contributed by atoms with E-state index in [1.54, 1.807) is 13.8 Å². The largest absolute Gasteiger partial charge is 0.468 e. The van der Waals surface area contributed by atoms with E-state index < -0.39 is 27.3 Å². The molecule has 1 unspecified atom stereocenters. The van der Waals surface area contributed by atoms with Crippen molar-refractivity contribution in [3.63, 3.8) is 0 Å². The fourth-order valence-electron chi connectivity index (χ4n) is 0.842. The molecule has 0 aromatic rings. The van der Waals surface area contributed by atoms with E-state index in [9.17, 15) is 13.2 Å². The standard InChI is InChI=1S/C8H17NO5S/c1-4-8(2,6-10)9-15(12,13)5-7(11)14-3/h9-10H,4-6H2,1-3H3. The first kappa shape index (κ1) is 14.3. The topological polar surface area (TPSA) is 92.7 Å². The van der Waals surface area contributed by atoms with Crippen molar-refractivity contribution in [3.8, 4) is 0 Å². The van der Waals surface area contributed by atoms with E-state index in [1.807, 2.05) is 0 Å². The summed E-state index contributed by atoms with van der Waals surface area (Å²) in [5.41, 5.74) is -0.938. The number of carbonyl (C=O) groups is 1. The minimum atomic E-state index is -3.76. The molecule has 15 heavy (non-hydrogen) atoms. The second-order valence-corrected chi connectivity index (χ2v) is 5.23. The van der Waals surface area contributed by atoms with E-state index in [2.05, 4.69) is 9.46 Å². The lowest BCUT2D eigenvalue weighted by Gasteiger charge is -2.26. The van der Waals surface area contributed by atoms with Crippen LogP contribution in [0.4, 0.5) is 0 Å². The summed E-state index contributed by atoms with van der Waals surface area (Å²) in [7, 11) is -2.65. The number of esters is 1. The van der Waals surface area contributed by atoms with Crippen LogP contribution in [0.2, 0.25) is 0 Å². The van der Waals surface area contributed by atoms with Crippen molar-refractivity contribution in [3.05, 3.63) is 0 Å². The lowest BCUT2D eigenvalue weighted by molar-refractivity contribution is -0.137. The molecule has 6 nitrogen and oxygen atoms in total. The lowest BCUT2D eigenvalue weighted by atomic mass is 10.0. The number of carbonyl (C=O) groups excluding carboxylic acids is 1. The molecular weight excluding hydrogens is 222 g/mol. The summed E-state index contributed by atoms with van der Waals surface area (Å²) in [6.07, 6.45) is 0.421. The number of ether oxygens (including phenoxy) is 1. The van der Waals surface area contributed by atoms with Crippen molar-refractivity contribution in [2.75, 3.05) is 19.5 Å². The van der Waals surface area contributed by atoms with Gasteiger partial charge in [-0.15, -0.1) is 0 Å². The smallest absolute Gasteiger partial charge is 0.322 e. The van der Waals surface area contributed by atoms with Crippen LogP contribution in [0.15, 0.2) is 0 Å².